The third-order valence-electron chi connectivity index (χ3n) is 4.38. The first-order chi connectivity index (χ1) is 10.5. The molecule has 3 rings (SSSR count). The van der Waals surface area contributed by atoms with Gasteiger partial charge in [-0.15, -0.1) is 12.4 Å². The van der Waals surface area contributed by atoms with Crippen molar-refractivity contribution in [1.29, 1.82) is 0 Å². The first kappa shape index (κ1) is 17.8. The smallest absolute Gasteiger partial charge is 0.251 e. The Labute approximate surface area is 151 Å². The Morgan fingerprint density at radius 3 is 2.65 bits per heavy atom. The SMILES string of the molecule is Cc1ccc(N)cc1C(=O)NCC1(c2cccc(Br)c2)CC1.Cl. The minimum absolute atomic E-state index is 0. The van der Waals surface area contributed by atoms with E-state index in [0.717, 1.165) is 22.9 Å². The van der Waals surface area contributed by atoms with Crippen molar-refractivity contribution in [1.82, 2.24) is 5.32 Å². The van der Waals surface area contributed by atoms with Crippen LogP contribution >= 0.6 is 28.3 Å². The Morgan fingerprint density at radius 1 is 1.26 bits per heavy atom. The van der Waals surface area contributed by atoms with Gasteiger partial charge in [-0.3, -0.25) is 4.79 Å². The molecule has 1 saturated carbocycles. The summed E-state index contributed by atoms with van der Waals surface area (Å²) in [4.78, 5) is 12.4. The highest BCUT2D eigenvalue weighted by Crippen LogP contribution is 2.48. The Hall–Kier alpha value is -1.52. The quantitative estimate of drug-likeness (QED) is 0.761. The van der Waals surface area contributed by atoms with Gasteiger partial charge >= 0.3 is 0 Å². The highest BCUT2D eigenvalue weighted by atomic mass is 79.9. The van der Waals surface area contributed by atoms with Crippen LogP contribution in [0.25, 0.3) is 0 Å². The molecule has 3 nitrogen and oxygen atoms in total. The van der Waals surface area contributed by atoms with Crippen LogP contribution in [0.15, 0.2) is 46.9 Å². The van der Waals surface area contributed by atoms with E-state index in [1.165, 1.54) is 5.56 Å². The number of nitrogens with two attached hydrogens (primary N) is 1. The highest BCUT2D eigenvalue weighted by Gasteiger charge is 2.44. The normalized spacial score (nSPS) is 14.7. The second kappa shape index (κ2) is 6.93. The first-order valence-corrected chi connectivity index (χ1v) is 8.20. The summed E-state index contributed by atoms with van der Waals surface area (Å²) in [6, 6.07) is 13.8. The summed E-state index contributed by atoms with van der Waals surface area (Å²) >= 11 is 3.52. The van der Waals surface area contributed by atoms with Gasteiger partial charge < -0.3 is 11.1 Å². The zero-order chi connectivity index (χ0) is 15.7. The van der Waals surface area contributed by atoms with Crippen LogP contribution in [0.2, 0.25) is 0 Å². The zero-order valence-electron chi connectivity index (χ0n) is 12.9. The van der Waals surface area contributed by atoms with Crippen molar-refractivity contribution < 1.29 is 4.79 Å². The van der Waals surface area contributed by atoms with E-state index < -0.39 is 0 Å². The van der Waals surface area contributed by atoms with Gasteiger partial charge in [0.25, 0.3) is 5.91 Å². The molecule has 5 heteroatoms. The van der Waals surface area contributed by atoms with Crippen LogP contribution in [0.1, 0.15) is 34.3 Å². The maximum Gasteiger partial charge on any atom is 0.251 e. The molecule has 1 aliphatic carbocycles. The van der Waals surface area contributed by atoms with E-state index in [2.05, 4.69) is 33.4 Å². The van der Waals surface area contributed by atoms with Gasteiger partial charge in [-0.2, -0.15) is 0 Å². The lowest BCUT2D eigenvalue weighted by Gasteiger charge is -2.17. The van der Waals surface area contributed by atoms with Gasteiger partial charge in [-0.1, -0.05) is 34.1 Å². The molecule has 0 bridgehead atoms. The number of carbonyl (C=O) groups excluding carboxylic acids is 1. The molecule has 0 spiro atoms. The van der Waals surface area contributed by atoms with Gasteiger partial charge in [0, 0.05) is 27.7 Å². The van der Waals surface area contributed by atoms with Crippen molar-refractivity contribution in [2.75, 3.05) is 12.3 Å². The summed E-state index contributed by atoms with van der Waals surface area (Å²) < 4.78 is 1.08. The second-order valence-corrected chi connectivity index (χ2v) is 6.96. The van der Waals surface area contributed by atoms with Crippen LogP contribution < -0.4 is 11.1 Å². The maximum atomic E-state index is 12.4. The van der Waals surface area contributed by atoms with Crippen molar-refractivity contribution in [3.63, 3.8) is 0 Å². The molecule has 0 aromatic heterocycles. The summed E-state index contributed by atoms with van der Waals surface area (Å²) in [5, 5.41) is 3.08. The van der Waals surface area contributed by atoms with Gasteiger partial charge in [0.15, 0.2) is 0 Å². The molecule has 122 valence electrons. The maximum absolute atomic E-state index is 12.4. The number of halogens is 2. The number of amides is 1. The highest BCUT2D eigenvalue weighted by molar-refractivity contribution is 9.10. The molecular weight excluding hydrogens is 376 g/mol. The van der Waals surface area contributed by atoms with E-state index in [-0.39, 0.29) is 23.7 Å². The Bertz CT molecular complexity index is 729. The predicted molar refractivity (Wildman–Crippen MR) is 100 cm³/mol. The van der Waals surface area contributed by atoms with Gasteiger partial charge in [-0.25, -0.2) is 0 Å². The number of rotatable bonds is 4. The summed E-state index contributed by atoms with van der Waals surface area (Å²) in [5.74, 6) is -0.0499. The number of anilines is 1. The average Bonchev–Trinajstić information content (AvgIpc) is 3.28. The third kappa shape index (κ3) is 3.88. The molecule has 0 unspecified atom stereocenters. The van der Waals surface area contributed by atoms with Crippen molar-refractivity contribution in [2.24, 2.45) is 0 Å². The molecule has 23 heavy (non-hydrogen) atoms. The summed E-state index contributed by atoms with van der Waals surface area (Å²) in [6.07, 6.45) is 2.22. The third-order valence-corrected chi connectivity index (χ3v) is 4.88. The zero-order valence-corrected chi connectivity index (χ0v) is 15.3. The number of nitrogen functional groups attached to an aromatic ring is 1. The lowest BCUT2D eigenvalue weighted by molar-refractivity contribution is 0.0949. The first-order valence-electron chi connectivity index (χ1n) is 7.41. The molecule has 3 N–H and O–H groups in total. The molecule has 0 aliphatic heterocycles. The van der Waals surface area contributed by atoms with Crippen LogP contribution in [-0.4, -0.2) is 12.5 Å². The Balaban J connectivity index is 0.00000192. The standard InChI is InChI=1S/C18H19BrN2O.ClH/c1-12-5-6-15(20)10-16(12)17(22)21-11-18(7-8-18)13-3-2-4-14(19)9-13;/h2-6,9-10H,7-8,11,20H2,1H3,(H,21,22);1H. The number of carbonyl (C=O) groups is 1. The van der Waals surface area contributed by atoms with Crippen molar-refractivity contribution in [3.8, 4) is 0 Å². The van der Waals surface area contributed by atoms with E-state index in [1.54, 1.807) is 6.07 Å². The van der Waals surface area contributed by atoms with Crippen LogP contribution in [0, 0.1) is 6.92 Å². The van der Waals surface area contributed by atoms with E-state index in [4.69, 9.17) is 5.73 Å². The average molecular weight is 396 g/mol. The number of aryl methyl sites for hydroxylation is 1. The molecule has 0 radical (unpaired) electrons. The van der Waals surface area contributed by atoms with Crippen LogP contribution in [0.4, 0.5) is 5.69 Å². The Kier molecular flexibility index (Phi) is 5.37. The number of hydrogen-bond acceptors (Lipinski definition) is 2. The van der Waals surface area contributed by atoms with Gasteiger partial charge in [0.2, 0.25) is 0 Å². The molecular formula is C18H20BrClN2O. The monoisotopic (exact) mass is 394 g/mol. The summed E-state index contributed by atoms with van der Waals surface area (Å²) in [7, 11) is 0. The van der Waals surface area contributed by atoms with Crippen molar-refractivity contribution in [3.05, 3.63) is 63.6 Å². The molecule has 1 amide bonds. The predicted octanol–water partition coefficient (Wildman–Crippen LogP) is 4.22. The fourth-order valence-electron chi connectivity index (χ4n) is 2.77. The van der Waals surface area contributed by atoms with Gasteiger partial charge in [0.05, 0.1) is 0 Å². The largest absolute Gasteiger partial charge is 0.399 e. The number of hydrogen-bond donors (Lipinski definition) is 2. The lowest BCUT2D eigenvalue weighted by Crippen LogP contribution is -2.32. The minimum Gasteiger partial charge on any atom is -0.399 e. The molecule has 2 aromatic carbocycles. The van der Waals surface area contributed by atoms with Crippen molar-refractivity contribution >= 4 is 39.9 Å². The molecule has 0 atom stereocenters. The molecule has 1 fully saturated rings. The number of benzene rings is 2. The minimum atomic E-state index is -0.0499. The van der Waals surface area contributed by atoms with Crippen molar-refractivity contribution in [2.45, 2.75) is 25.2 Å². The van der Waals surface area contributed by atoms with E-state index >= 15 is 0 Å². The van der Waals surface area contributed by atoms with E-state index in [9.17, 15) is 4.79 Å². The molecule has 0 saturated heterocycles. The summed E-state index contributed by atoms with van der Waals surface area (Å²) in [5.41, 5.74) is 9.37. The topological polar surface area (TPSA) is 55.1 Å². The molecule has 1 aliphatic rings. The van der Waals surface area contributed by atoms with E-state index in [0.29, 0.717) is 17.8 Å². The lowest BCUT2D eigenvalue weighted by atomic mass is 9.96. The van der Waals surface area contributed by atoms with Crippen LogP contribution in [0.5, 0.6) is 0 Å². The molecule has 0 heterocycles. The van der Waals surface area contributed by atoms with E-state index in [1.807, 2.05) is 31.2 Å². The van der Waals surface area contributed by atoms with Gasteiger partial charge in [0.1, 0.15) is 0 Å². The number of nitrogens with one attached hydrogen (secondary N) is 1. The second-order valence-electron chi connectivity index (χ2n) is 6.05. The fraction of sp³-hybridized carbons (Fsp3) is 0.278. The fourth-order valence-corrected chi connectivity index (χ4v) is 3.16. The molecule has 2 aromatic rings. The summed E-state index contributed by atoms with van der Waals surface area (Å²) in [6.45, 7) is 2.59. The van der Waals surface area contributed by atoms with Gasteiger partial charge in [-0.05, 0) is 55.2 Å². The van der Waals surface area contributed by atoms with Crippen LogP contribution in [-0.2, 0) is 5.41 Å². The Morgan fingerprint density at radius 2 is 2.00 bits per heavy atom. The van der Waals surface area contributed by atoms with Crippen LogP contribution in [0.3, 0.4) is 0 Å².